The summed E-state index contributed by atoms with van der Waals surface area (Å²) >= 11 is 0. The molecule has 0 saturated carbocycles. The average Bonchev–Trinajstić information content (AvgIpc) is 2.88. The van der Waals surface area contributed by atoms with Crippen molar-refractivity contribution in [1.29, 1.82) is 0 Å². The van der Waals surface area contributed by atoms with Crippen LogP contribution in [0.3, 0.4) is 0 Å². The molecular formula is C12H19NO4. The minimum atomic E-state index is 0.0118. The zero-order valence-electron chi connectivity index (χ0n) is 10.1. The molecule has 0 spiro atoms. The molecule has 2 aliphatic rings. The van der Waals surface area contributed by atoms with Gasteiger partial charge in [-0.3, -0.25) is 4.79 Å². The van der Waals surface area contributed by atoms with Crippen molar-refractivity contribution < 1.29 is 19.0 Å². The Bertz CT molecular complexity index is 294. The molecule has 2 heterocycles. The fourth-order valence-corrected chi connectivity index (χ4v) is 2.56. The number of carbonyl (C=O) groups is 1. The highest BCUT2D eigenvalue weighted by Gasteiger charge is 2.47. The third-order valence-electron chi connectivity index (χ3n) is 3.36. The fraction of sp³-hybridized carbons (Fsp3) is 0.750. The van der Waals surface area contributed by atoms with Crippen molar-refractivity contribution in [2.45, 2.75) is 12.1 Å². The van der Waals surface area contributed by atoms with E-state index in [4.69, 9.17) is 14.2 Å². The van der Waals surface area contributed by atoms with Crippen molar-refractivity contribution in [1.82, 2.24) is 4.90 Å². The molecule has 3 atom stereocenters. The molecule has 5 nitrogen and oxygen atoms in total. The van der Waals surface area contributed by atoms with Crippen LogP contribution in [-0.4, -0.2) is 63.0 Å². The lowest BCUT2D eigenvalue weighted by molar-refractivity contribution is -0.136. The average molecular weight is 241 g/mol. The predicted molar refractivity (Wildman–Crippen MR) is 61.6 cm³/mol. The van der Waals surface area contributed by atoms with E-state index in [0.717, 1.165) is 0 Å². The minimum Gasteiger partial charge on any atom is -0.379 e. The van der Waals surface area contributed by atoms with Crippen LogP contribution in [0.4, 0.5) is 0 Å². The van der Waals surface area contributed by atoms with E-state index in [1.807, 2.05) is 4.90 Å². The number of carbonyl (C=O) groups excluding carboxylic acids is 1. The summed E-state index contributed by atoms with van der Waals surface area (Å²) in [6.45, 7) is 6.18. The highest BCUT2D eigenvalue weighted by atomic mass is 16.5. The summed E-state index contributed by atoms with van der Waals surface area (Å²) in [7, 11) is 1.53. The number of nitrogens with zero attached hydrogens (tertiary/aromatic N) is 1. The first-order valence-corrected chi connectivity index (χ1v) is 5.86. The molecule has 0 aromatic rings. The molecule has 1 amide bonds. The number of amides is 1. The Morgan fingerprint density at radius 1 is 1.59 bits per heavy atom. The van der Waals surface area contributed by atoms with Gasteiger partial charge in [-0.05, 0) is 0 Å². The number of ether oxygens (including phenoxy) is 3. The van der Waals surface area contributed by atoms with Gasteiger partial charge in [-0.2, -0.15) is 0 Å². The number of hydrogen-bond acceptors (Lipinski definition) is 4. The molecule has 96 valence electrons. The van der Waals surface area contributed by atoms with E-state index in [2.05, 4.69) is 6.58 Å². The van der Waals surface area contributed by atoms with E-state index in [-0.39, 0.29) is 30.6 Å². The van der Waals surface area contributed by atoms with Crippen LogP contribution in [0.25, 0.3) is 0 Å². The van der Waals surface area contributed by atoms with Gasteiger partial charge < -0.3 is 19.1 Å². The number of rotatable bonds is 5. The maximum absolute atomic E-state index is 11.9. The molecule has 2 fully saturated rings. The van der Waals surface area contributed by atoms with Gasteiger partial charge in [-0.15, -0.1) is 6.58 Å². The minimum absolute atomic E-state index is 0.0118. The Morgan fingerprint density at radius 3 is 3.12 bits per heavy atom. The van der Waals surface area contributed by atoms with Crippen molar-refractivity contribution in [2.24, 2.45) is 5.92 Å². The summed E-state index contributed by atoms with van der Waals surface area (Å²) in [4.78, 5) is 13.7. The molecule has 0 aromatic carbocycles. The maximum Gasteiger partial charge on any atom is 0.248 e. The van der Waals surface area contributed by atoms with E-state index >= 15 is 0 Å². The largest absolute Gasteiger partial charge is 0.379 e. The zero-order valence-corrected chi connectivity index (χ0v) is 10.1. The van der Waals surface area contributed by atoms with Crippen LogP contribution in [0, 0.1) is 5.92 Å². The third kappa shape index (κ3) is 2.51. The fourth-order valence-electron chi connectivity index (χ4n) is 2.56. The molecule has 0 bridgehead atoms. The van der Waals surface area contributed by atoms with Crippen molar-refractivity contribution >= 4 is 5.91 Å². The quantitative estimate of drug-likeness (QED) is 0.639. The number of likely N-dealkylation sites (tertiary alicyclic amines) is 1. The Hall–Kier alpha value is -0.910. The van der Waals surface area contributed by atoms with Gasteiger partial charge >= 0.3 is 0 Å². The summed E-state index contributed by atoms with van der Waals surface area (Å²) in [5.41, 5.74) is 0. The zero-order chi connectivity index (χ0) is 12.3. The molecule has 0 radical (unpaired) electrons. The van der Waals surface area contributed by atoms with Crippen molar-refractivity contribution in [2.75, 3.05) is 40.1 Å². The van der Waals surface area contributed by atoms with Crippen LogP contribution in [0.5, 0.6) is 0 Å². The van der Waals surface area contributed by atoms with Crippen LogP contribution in [0.15, 0.2) is 12.7 Å². The van der Waals surface area contributed by atoms with Gasteiger partial charge in [0.05, 0.1) is 32.0 Å². The van der Waals surface area contributed by atoms with Crippen molar-refractivity contribution in [3.05, 3.63) is 12.7 Å². The van der Waals surface area contributed by atoms with Crippen molar-refractivity contribution in [3.63, 3.8) is 0 Å². The topological polar surface area (TPSA) is 48.0 Å². The van der Waals surface area contributed by atoms with E-state index in [1.165, 1.54) is 7.11 Å². The molecule has 17 heavy (non-hydrogen) atoms. The summed E-state index contributed by atoms with van der Waals surface area (Å²) in [6, 6.07) is 0.146. The molecule has 0 aromatic heterocycles. The van der Waals surface area contributed by atoms with Crippen LogP contribution >= 0.6 is 0 Å². The van der Waals surface area contributed by atoms with Gasteiger partial charge in [-0.25, -0.2) is 0 Å². The molecule has 2 aliphatic heterocycles. The normalized spacial score (nSPS) is 31.6. The SMILES string of the molecule is C=CCO[C@@H]1CN(C(=O)COC)[C@@H]2COC[C@@H]21. The highest BCUT2D eigenvalue weighted by Crippen LogP contribution is 2.32. The van der Waals surface area contributed by atoms with Gasteiger partial charge in [0.2, 0.25) is 5.91 Å². The standard InChI is InChI=1S/C12H19NO4/c1-3-4-17-11-5-13(12(14)8-15-2)10-7-16-6-9(10)11/h3,9-11H,1,4-8H2,2H3/t9-,10+,11+/m0/s1. The molecular weight excluding hydrogens is 222 g/mol. The second-order valence-corrected chi connectivity index (χ2v) is 4.41. The lowest BCUT2D eigenvalue weighted by Gasteiger charge is -2.21. The summed E-state index contributed by atoms with van der Waals surface area (Å²) < 4.78 is 16.0. The second-order valence-electron chi connectivity index (χ2n) is 4.41. The first kappa shape index (κ1) is 12.5. The van der Waals surface area contributed by atoms with Gasteiger partial charge in [0.25, 0.3) is 0 Å². The van der Waals surface area contributed by atoms with Crippen molar-refractivity contribution in [3.8, 4) is 0 Å². The van der Waals surface area contributed by atoms with E-state index in [1.54, 1.807) is 6.08 Å². The van der Waals surface area contributed by atoms with E-state index in [0.29, 0.717) is 26.4 Å². The van der Waals surface area contributed by atoms with Crippen LogP contribution in [-0.2, 0) is 19.0 Å². The molecule has 0 unspecified atom stereocenters. The lowest BCUT2D eigenvalue weighted by atomic mass is 10.0. The Morgan fingerprint density at radius 2 is 2.41 bits per heavy atom. The number of methoxy groups -OCH3 is 1. The summed E-state index contributed by atoms with van der Waals surface area (Å²) in [5, 5.41) is 0. The van der Waals surface area contributed by atoms with E-state index < -0.39 is 0 Å². The molecule has 5 heteroatoms. The highest BCUT2D eigenvalue weighted by molar-refractivity contribution is 5.78. The first-order chi connectivity index (χ1) is 8.27. The van der Waals surface area contributed by atoms with Gasteiger partial charge in [-0.1, -0.05) is 6.08 Å². The monoisotopic (exact) mass is 241 g/mol. The summed E-state index contributed by atoms with van der Waals surface area (Å²) in [6.07, 6.45) is 1.78. The smallest absolute Gasteiger partial charge is 0.248 e. The lowest BCUT2D eigenvalue weighted by Crippen LogP contribution is -2.40. The number of fused-ring (bicyclic) bond motifs is 1. The predicted octanol–water partition coefficient (Wildman–Crippen LogP) is 0.0612. The first-order valence-electron chi connectivity index (χ1n) is 5.86. The molecule has 0 N–H and O–H groups in total. The molecule has 2 saturated heterocycles. The molecule has 0 aliphatic carbocycles. The Kier molecular flexibility index (Phi) is 4.15. The Labute approximate surface area is 101 Å². The maximum atomic E-state index is 11.9. The van der Waals surface area contributed by atoms with Gasteiger partial charge in [0, 0.05) is 19.6 Å². The van der Waals surface area contributed by atoms with Crippen LogP contribution in [0.1, 0.15) is 0 Å². The van der Waals surface area contributed by atoms with E-state index in [9.17, 15) is 4.79 Å². The van der Waals surface area contributed by atoms with Crippen LogP contribution < -0.4 is 0 Å². The number of hydrogen-bond donors (Lipinski definition) is 0. The van der Waals surface area contributed by atoms with Crippen LogP contribution in [0.2, 0.25) is 0 Å². The molecule has 2 rings (SSSR count). The summed E-state index contributed by atoms with van der Waals surface area (Å²) in [5.74, 6) is 0.299. The van der Waals surface area contributed by atoms with Gasteiger partial charge in [0.1, 0.15) is 6.61 Å². The third-order valence-corrected chi connectivity index (χ3v) is 3.36. The van der Waals surface area contributed by atoms with Gasteiger partial charge in [0.15, 0.2) is 0 Å². The second kappa shape index (κ2) is 5.62. The Balaban J connectivity index is 1.99.